The molecule has 0 amide bonds. The van der Waals surface area contributed by atoms with E-state index in [1.165, 1.54) is 10.9 Å². The standard InChI is InChI=1S/C27H31N3O2/c1-32-25-7-8-27-26(18-25)23(11-15-29-27)6-2-5-22-12-17-30(19-24(22)20-31)16-3-4-21-9-13-28-14-10-21/h7-11,13-15,18,22,24,31H,2,5-6,12,16-17,19-20H2,1H3/t22-,24-/m1/s1. The molecule has 0 radical (unpaired) electrons. The molecule has 1 aromatic carbocycles. The van der Waals surface area contributed by atoms with Crippen LogP contribution in [0.3, 0.4) is 0 Å². The molecule has 32 heavy (non-hydrogen) atoms. The predicted octanol–water partition coefficient (Wildman–Crippen LogP) is 3.94. The van der Waals surface area contributed by atoms with Gasteiger partial charge >= 0.3 is 0 Å². The maximum atomic E-state index is 10.0. The smallest absolute Gasteiger partial charge is 0.119 e. The maximum absolute atomic E-state index is 10.0. The van der Waals surface area contributed by atoms with Gasteiger partial charge in [-0.2, -0.15) is 0 Å². The van der Waals surface area contributed by atoms with Crippen molar-refractivity contribution in [1.29, 1.82) is 0 Å². The van der Waals surface area contributed by atoms with Gasteiger partial charge in [-0.25, -0.2) is 0 Å². The molecule has 3 heterocycles. The lowest BCUT2D eigenvalue weighted by Gasteiger charge is -2.37. The first-order valence-electron chi connectivity index (χ1n) is 11.4. The number of fused-ring (bicyclic) bond motifs is 1. The number of ether oxygens (including phenoxy) is 1. The van der Waals surface area contributed by atoms with E-state index in [1.807, 2.05) is 30.5 Å². The zero-order valence-corrected chi connectivity index (χ0v) is 18.7. The molecule has 2 atom stereocenters. The number of hydrogen-bond donors (Lipinski definition) is 1. The van der Waals surface area contributed by atoms with Crippen molar-refractivity contribution >= 4 is 10.9 Å². The Hall–Kier alpha value is -2.94. The molecule has 166 valence electrons. The minimum atomic E-state index is 0.244. The monoisotopic (exact) mass is 429 g/mol. The number of piperidine rings is 1. The third-order valence-corrected chi connectivity index (χ3v) is 6.49. The van der Waals surface area contributed by atoms with E-state index < -0.39 is 0 Å². The summed E-state index contributed by atoms with van der Waals surface area (Å²) < 4.78 is 5.40. The molecule has 1 saturated heterocycles. The largest absolute Gasteiger partial charge is 0.497 e. The summed E-state index contributed by atoms with van der Waals surface area (Å²) in [5.41, 5.74) is 3.32. The molecule has 1 N–H and O–H groups in total. The van der Waals surface area contributed by atoms with Crippen molar-refractivity contribution in [1.82, 2.24) is 14.9 Å². The number of nitrogens with zero attached hydrogens (tertiary/aromatic N) is 3. The Morgan fingerprint density at radius 2 is 2.00 bits per heavy atom. The molecule has 2 aromatic heterocycles. The minimum absolute atomic E-state index is 0.244. The van der Waals surface area contributed by atoms with Crippen LogP contribution in [0.15, 0.2) is 55.0 Å². The number of aryl methyl sites for hydroxylation is 1. The average molecular weight is 430 g/mol. The van der Waals surface area contributed by atoms with Gasteiger partial charge in [0.1, 0.15) is 5.75 Å². The number of methoxy groups -OCH3 is 1. The lowest BCUT2D eigenvalue weighted by molar-refractivity contribution is 0.0748. The van der Waals surface area contributed by atoms with E-state index in [4.69, 9.17) is 4.74 Å². The van der Waals surface area contributed by atoms with Crippen molar-refractivity contribution in [3.8, 4) is 17.6 Å². The van der Waals surface area contributed by atoms with Crippen molar-refractivity contribution in [2.75, 3.05) is 33.4 Å². The van der Waals surface area contributed by atoms with Crippen molar-refractivity contribution in [3.63, 3.8) is 0 Å². The molecule has 0 unspecified atom stereocenters. The summed E-state index contributed by atoms with van der Waals surface area (Å²) in [6.07, 6.45) is 9.81. The van der Waals surface area contributed by atoms with Gasteiger partial charge in [0.05, 0.1) is 19.2 Å². The van der Waals surface area contributed by atoms with E-state index in [-0.39, 0.29) is 6.61 Å². The zero-order valence-electron chi connectivity index (χ0n) is 18.7. The van der Waals surface area contributed by atoms with Crippen LogP contribution in [0.2, 0.25) is 0 Å². The Kier molecular flexibility index (Phi) is 7.71. The molecule has 5 heteroatoms. The quantitative estimate of drug-likeness (QED) is 0.577. The van der Waals surface area contributed by atoms with Gasteiger partial charge in [-0.3, -0.25) is 14.9 Å². The van der Waals surface area contributed by atoms with E-state index in [9.17, 15) is 5.11 Å². The average Bonchev–Trinajstić information content (AvgIpc) is 2.85. The molecule has 4 rings (SSSR count). The second-order valence-electron chi connectivity index (χ2n) is 8.51. The number of aromatic nitrogens is 2. The molecule has 1 aliphatic rings. The van der Waals surface area contributed by atoms with Crippen LogP contribution in [0.1, 0.15) is 30.4 Å². The number of likely N-dealkylation sites (tertiary alicyclic amines) is 1. The Balaban J connectivity index is 1.30. The number of rotatable bonds is 7. The molecule has 1 fully saturated rings. The van der Waals surface area contributed by atoms with Crippen LogP contribution >= 0.6 is 0 Å². The van der Waals surface area contributed by atoms with Gasteiger partial charge < -0.3 is 9.84 Å². The Bertz CT molecular complexity index is 1070. The number of pyridine rings is 2. The third-order valence-electron chi connectivity index (χ3n) is 6.49. The molecule has 1 aliphatic heterocycles. The lowest BCUT2D eigenvalue weighted by Crippen LogP contribution is -2.42. The zero-order chi connectivity index (χ0) is 22.2. The Morgan fingerprint density at radius 1 is 1.12 bits per heavy atom. The molecule has 0 saturated carbocycles. The first-order valence-corrected chi connectivity index (χ1v) is 11.4. The summed E-state index contributed by atoms with van der Waals surface area (Å²) in [6, 6.07) is 12.0. The van der Waals surface area contributed by atoms with Crippen molar-refractivity contribution in [2.24, 2.45) is 11.8 Å². The summed E-state index contributed by atoms with van der Waals surface area (Å²) in [5.74, 6) is 8.22. The van der Waals surface area contributed by atoms with Crippen molar-refractivity contribution in [3.05, 3.63) is 66.1 Å². The van der Waals surface area contributed by atoms with Crippen molar-refractivity contribution < 1.29 is 9.84 Å². The molecule has 0 bridgehead atoms. The summed E-state index contributed by atoms with van der Waals surface area (Å²) in [6.45, 7) is 2.95. The Morgan fingerprint density at radius 3 is 2.81 bits per heavy atom. The Labute approximate surface area is 190 Å². The topological polar surface area (TPSA) is 58.5 Å². The summed E-state index contributed by atoms with van der Waals surface area (Å²) in [4.78, 5) is 10.9. The fourth-order valence-corrected chi connectivity index (χ4v) is 4.66. The van der Waals surface area contributed by atoms with Gasteiger partial charge in [0.25, 0.3) is 0 Å². The van der Waals surface area contributed by atoms with Gasteiger partial charge in [-0.05, 0) is 86.0 Å². The molecule has 3 aromatic rings. The number of benzene rings is 1. The highest BCUT2D eigenvalue weighted by atomic mass is 16.5. The summed E-state index contributed by atoms with van der Waals surface area (Å²) in [5, 5.41) is 11.2. The second kappa shape index (κ2) is 11.1. The van der Waals surface area contributed by atoms with Crippen LogP contribution in [-0.2, 0) is 6.42 Å². The normalized spacial score (nSPS) is 18.8. The van der Waals surface area contributed by atoms with Crippen LogP contribution in [0.5, 0.6) is 5.75 Å². The molecular weight excluding hydrogens is 398 g/mol. The number of aliphatic hydroxyl groups excluding tert-OH is 1. The summed E-state index contributed by atoms with van der Waals surface area (Å²) in [7, 11) is 1.70. The second-order valence-corrected chi connectivity index (χ2v) is 8.51. The molecule has 0 spiro atoms. The molecule has 5 nitrogen and oxygen atoms in total. The van der Waals surface area contributed by atoms with Gasteiger partial charge in [0.2, 0.25) is 0 Å². The first kappa shape index (κ1) is 22.3. The molecular formula is C27H31N3O2. The van der Waals surface area contributed by atoms with E-state index in [0.717, 1.165) is 62.1 Å². The molecule has 0 aliphatic carbocycles. The van der Waals surface area contributed by atoms with Crippen molar-refractivity contribution in [2.45, 2.75) is 25.7 Å². The van der Waals surface area contributed by atoms with Crippen LogP contribution in [0.4, 0.5) is 0 Å². The predicted molar refractivity (Wildman–Crippen MR) is 127 cm³/mol. The van der Waals surface area contributed by atoms with Gasteiger partial charge in [-0.15, -0.1) is 0 Å². The van der Waals surface area contributed by atoms with E-state index in [2.05, 4.69) is 38.8 Å². The maximum Gasteiger partial charge on any atom is 0.119 e. The van der Waals surface area contributed by atoms with Gasteiger partial charge in [0, 0.05) is 42.7 Å². The summed E-state index contributed by atoms with van der Waals surface area (Å²) >= 11 is 0. The van der Waals surface area contributed by atoms with E-state index in [0.29, 0.717) is 11.8 Å². The van der Waals surface area contributed by atoms with Crippen LogP contribution in [-0.4, -0.2) is 53.3 Å². The minimum Gasteiger partial charge on any atom is -0.497 e. The van der Waals surface area contributed by atoms with E-state index >= 15 is 0 Å². The van der Waals surface area contributed by atoms with Crippen LogP contribution in [0, 0.1) is 23.7 Å². The highest BCUT2D eigenvalue weighted by molar-refractivity contribution is 5.83. The highest BCUT2D eigenvalue weighted by Crippen LogP contribution is 2.29. The van der Waals surface area contributed by atoms with E-state index in [1.54, 1.807) is 19.5 Å². The SMILES string of the molecule is COc1ccc2nccc(CCC[C@@H]3CCN(CC#Cc4ccncc4)C[C@@H]3CO)c2c1. The first-order chi connectivity index (χ1) is 15.8. The number of hydrogen-bond acceptors (Lipinski definition) is 5. The third kappa shape index (κ3) is 5.64. The van der Waals surface area contributed by atoms with Gasteiger partial charge in [0.15, 0.2) is 0 Å². The lowest BCUT2D eigenvalue weighted by atomic mass is 9.82. The van der Waals surface area contributed by atoms with Gasteiger partial charge in [-0.1, -0.05) is 11.8 Å². The van der Waals surface area contributed by atoms with Crippen LogP contribution < -0.4 is 4.74 Å². The fraction of sp³-hybridized carbons (Fsp3) is 0.407. The highest BCUT2D eigenvalue weighted by Gasteiger charge is 2.28. The number of aliphatic hydroxyl groups is 1. The van der Waals surface area contributed by atoms with Crippen LogP contribution in [0.25, 0.3) is 10.9 Å². The fourth-order valence-electron chi connectivity index (χ4n) is 4.66.